The second-order valence-electron chi connectivity index (χ2n) is 3.61. The summed E-state index contributed by atoms with van der Waals surface area (Å²) in [7, 11) is -0.864. The first-order valence-corrected chi connectivity index (χ1v) is 6.95. The highest BCUT2D eigenvalue weighted by molar-refractivity contribution is 7.85. The minimum Gasteiger partial charge on any atom is -0.327 e. The lowest BCUT2D eigenvalue weighted by molar-refractivity contribution is 0.679. The van der Waals surface area contributed by atoms with E-state index >= 15 is 0 Å². The normalized spacial score (nSPS) is 13.1. The van der Waals surface area contributed by atoms with Crippen LogP contribution in [0.1, 0.15) is 25.3 Å². The SMILES string of the molecule is CCCCS(=O)c1cccc(/C=C/CN)c1. The molecule has 16 heavy (non-hydrogen) atoms. The van der Waals surface area contributed by atoms with Crippen LogP contribution in [-0.2, 0) is 10.8 Å². The number of benzene rings is 1. The number of nitrogens with two attached hydrogens (primary N) is 1. The highest BCUT2D eigenvalue weighted by Gasteiger charge is 2.02. The van der Waals surface area contributed by atoms with Crippen molar-refractivity contribution in [3.05, 3.63) is 35.9 Å². The standard InChI is InChI=1S/C13H19NOS/c1-2-3-10-16(15)13-8-4-6-12(11-13)7-5-9-14/h4-8,11H,2-3,9-10,14H2,1H3/b7-5+. The van der Waals surface area contributed by atoms with Gasteiger partial charge in [-0.15, -0.1) is 0 Å². The van der Waals surface area contributed by atoms with Crippen molar-refractivity contribution >= 4 is 16.9 Å². The van der Waals surface area contributed by atoms with Gasteiger partial charge >= 0.3 is 0 Å². The van der Waals surface area contributed by atoms with E-state index in [1.165, 1.54) is 0 Å². The van der Waals surface area contributed by atoms with Crippen molar-refractivity contribution in [1.29, 1.82) is 0 Å². The van der Waals surface area contributed by atoms with Gasteiger partial charge in [0, 0.05) is 17.2 Å². The van der Waals surface area contributed by atoms with E-state index < -0.39 is 10.8 Å². The van der Waals surface area contributed by atoms with Gasteiger partial charge in [-0.2, -0.15) is 0 Å². The molecular formula is C13H19NOS. The van der Waals surface area contributed by atoms with Gasteiger partial charge < -0.3 is 5.73 Å². The molecule has 1 unspecified atom stereocenters. The zero-order valence-electron chi connectivity index (χ0n) is 9.69. The summed E-state index contributed by atoms with van der Waals surface area (Å²) in [5, 5.41) is 0. The molecule has 1 aromatic rings. The summed E-state index contributed by atoms with van der Waals surface area (Å²) in [6.45, 7) is 2.64. The molecule has 0 saturated carbocycles. The Morgan fingerprint density at radius 3 is 2.94 bits per heavy atom. The van der Waals surface area contributed by atoms with E-state index in [-0.39, 0.29) is 0 Å². The maximum Gasteiger partial charge on any atom is 0.0529 e. The summed E-state index contributed by atoms with van der Waals surface area (Å²) in [6.07, 6.45) is 5.95. The van der Waals surface area contributed by atoms with E-state index in [1.54, 1.807) is 0 Å². The van der Waals surface area contributed by atoms with E-state index in [0.29, 0.717) is 6.54 Å². The fourth-order valence-corrected chi connectivity index (χ4v) is 2.64. The van der Waals surface area contributed by atoms with E-state index in [9.17, 15) is 4.21 Å². The van der Waals surface area contributed by atoms with Crippen LogP contribution in [0.2, 0.25) is 0 Å². The molecule has 88 valence electrons. The summed E-state index contributed by atoms with van der Waals surface area (Å²) in [5.74, 6) is 0.751. The van der Waals surface area contributed by atoms with Gasteiger partial charge in [0.15, 0.2) is 0 Å². The van der Waals surface area contributed by atoms with Crippen LogP contribution in [0.15, 0.2) is 35.2 Å². The molecule has 1 rings (SSSR count). The molecule has 0 saturated heterocycles. The lowest BCUT2D eigenvalue weighted by Gasteiger charge is -2.02. The highest BCUT2D eigenvalue weighted by atomic mass is 32.2. The largest absolute Gasteiger partial charge is 0.327 e. The van der Waals surface area contributed by atoms with Gasteiger partial charge in [0.05, 0.1) is 10.8 Å². The predicted molar refractivity (Wildman–Crippen MR) is 70.7 cm³/mol. The molecule has 0 radical (unpaired) electrons. The zero-order valence-corrected chi connectivity index (χ0v) is 10.5. The average Bonchev–Trinajstić information content (AvgIpc) is 2.33. The van der Waals surface area contributed by atoms with Crippen molar-refractivity contribution in [3.63, 3.8) is 0 Å². The molecule has 0 fully saturated rings. The third kappa shape index (κ3) is 4.29. The third-order valence-electron chi connectivity index (χ3n) is 2.25. The first-order chi connectivity index (χ1) is 7.77. The Hall–Kier alpha value is -0.930. The Morgan fingerprint density at radius 1 is 1.44 bits per heavy atom. The molecule has 1 atom stereocenters. The van der Waals surface area contributed by atoms with Crippen LogP contribution >= 0.6 is 0 Å². The molecule has 2 N–H and O–H groups in total. The van der Waals surface area contributed by atoms with Gasteiger partial charge in [-0.05, 0) is 24.1 Å². The maximum atomic E-state index is 11.9. The molecule has 0 aromatic heterocycles. The smallest absolute Gasteiger partial charge is 0.0529 e. The molecule has 1 aromatic carbocycles. The molecule has 3 heteroatoms. The number of hydrogen-bond acceptors (Lipinski definition) is 2. The second-order valence-corrected chi connectivity index (χ2v) is 5.18. The van der Waals surface area contributed by atoms with Gasteiger partial charge in [-0.3, -0.25) is 4.21 Å². The number of unbranched alkanes of at least 4 members (excludes halogenated alkanes) is 1. The zero-order chi connectivity index (χ0) is 11.8. The van der Waals surface area contributed by atoms with E-state index in [4.69, 9.17) is 5.73 Å². The minimum absolute atomic E-state index is 0.531. The van der Waals surface area contributed by atoms with E-state index in [0.717, 1.165) is 29.1 Å². The van der Waals surface area contributed by atoms with Gasteiger partial charge in [-0.25, -0.2) is 0 Å². The molecular weight excluding hydrogens is 218 g/mol. The molecule has 2 nitrogen and oxygen atoms in total. The molecule has 0 spiro atoms. The first-order valence-electron chi connectivity index (χ1n) is 5.63. The summed E-state index contributed by atoms with van der Waals surface area (Å²) < 4.78 is 11.9. The van der Waals surface area contributed by atoms with E-state index in [1.807, 2.05) is 36.4 Å². The van der Waals surface area contributed by atoms with Crippen molar-refractivity contribution in [1.82, 2.24) is 0 Å². The topological polar surface area (TPSA) is 43.1 Å². The first kappa shape index (κ1) is 13.1. The maximum absolute atomic E-state index is 11.9. The Balaban J connectivity index is 2.73. The quantitative estimate of drug-likeness (QED) is 0.826. The lowest BCUT2D eigenvalue weighted by atomic mass is 10.2. The number of hydrogen-bond donors (Lipinski definition) is 1. The van der Waals surface area contributed by atoms with Crippen LogP contribution in [0.3, 0.4) is 0 Å². The average molecular weight is 237 g/mol. The summed E-state index contributed by atoms with van der Waals surface area (Å²) in [4.78, 5) is 0.910. The monoisotopic (exact) mass is 237 g/mol. The van der Waals surface area contributed by atoms with Crippen molar-refractivity contribution in [2.45, 2.75) is 24.7 Å². The fraction of sp³-hybridized carbons (Fsp3) is 0.385. The molecule has 0 amide bonds. The van der Waals surface area contributed by atoms with Gasteiger partial charge in [0.25, 0.3) is 0 Å². The van der Waals surface area contributed by atoms with Crippen LogP contribution in [0.25, 0.3) is 6.08 Å². The molecule has 0 heterocycles. The lowest BCUT2D eigenvalue weighted by Crippen LogP contribution is -1.98. The van der Waals surface area contributed by atoms with Gasteiger partial charge in [-0.1, -0.05) is 37.6 Å². The van der Waals surface area contributed by atoms with Crippen LogP contribution in [0.5, 0.6) is 0 Å². The Kier molecular flexibility index (Phi) is 6.04. The fourth-order valence-electron chi connectivity index (χ4n) is 1.36. The molecule has 0 aliphatic heterocycles. The predicted octanol–water partition coefficient (Wildman–Crippen LogP) is 2.57. The summed E-state index contributed by atoms with van der Waals surface area (Å²) in [5.41, 5.74) is 6.46. The summed E-state index contributed by atoms with van der Waals surface area (Å²) in [6, 6.07) is 7.82. The Bertz CT molecular complexity index is 374. The van der Waals surface area contributed by atoms with Crippen molar-refractivity contribution in [3.8, 4) is 0 Å². The third-order valence-corrected chi connectivity index (χ3v) is 3.69. The van der Waals surface area contributed by atoms with Crippen LogP contribution in [-0.4, -0.2) is 16.5 Å². The minimum atomic E-state index is -0.864. The van der Waals surface area contributed by atoms with Crippen molar-refractivity contribution in [2.75, 3.05) is 12.3 Å². The number of rotatable bonds is 6. The van der Waals surface area contributed by atoms with E-state index in [2.05, 4.69) is 6.92 Å². The Morgan fingerprint density at radius 2 is 2.25 bits per heavy atom. The van der Waals surface area contributed by atoms with Crippen LogP contribution < -0.4 is 5.73 Å². The van der Waals surface area contributed by atoms with Crippen molar-refractivity contribution in [2.24, 2.45) is 5.73 Å². The molecule has 0 aliphatic carbocycles. The van der Waals surface area contributed by atoms with Crippen LogP contribution in [0.4, 0.5) is 0 Å². The van der Waals surface area contributed by atoms with Crippen LogP contribution in [0, 0.1) is 0 Å². The van der Waals surface area contributed by atoms with Crippen molar-refractivity contribution < 1.29 is 4.21 Å². The van der Waals surface area contributed by atoms with Gasteiger partial charge in [0.1, 0.15) is 0 Å². The molecule has 0 aliphatic rings. The highest BCUT2D eigenvalue weighted by Crippen LogP contribution is 2.12. The van der Waals surface area contributed by atoms with Gasteiger partial charge in [0.2, 0.25) is 0 Å². The Labute approximate surface area is 100 Å². The molecule has 0 bridgehead atoms. The summed E-state index contributed by atoms with van der Waals surface area (Å²) >= 11 is 0. The second kappa shape index (κ2) is 7.36.